The van der Waals surface area contributed by atoms with Crippen LogP contribution in [0.25, 0.3) is 0 Å². The van der Waals surface area contributed by atoms with Gasteiger partial charge in [0.15, 0.2) is 0 Å². The van der Waals surface area contributed by atoms with Gasteiger partial charge in [-0.25, -0.2) is 0 Å². The van der Waals surface area contributed by atoms with Gasteiger partial charge in [-0.2, -0.15) is 0 Å². The topological polar surface area (TPSA) is 147 Å². The van der Waals surface area contributed by atoms with Gasteiger partial charge in [0.1, 0.15) is 24.7 Å². The smallest absolute Gasteiger partial charge is 0.317 e. The Labute approximate surface area is 390 Å². The van der Waals surface area contributed by atoms with Gasteiger partial charge in [-0.1, -0.05) is 68.1 Å². The van der Waals surface area contributed by atoms with Crippen LogP contribution in [0, 0.1) is 11.8 Å². The van der Waals surface area contributed by atoms with Crippen molar-refractivity contribution < 1.29 is 43.2 Å². The number of nitrogens with zero attached hydrogens (tertiary/aromatic N) is 3. The first-order chi connectivity index (χ1) is 30.7. The molecule has 14 heteroatoms. The number of likely N-dealkylation sites (tertiary alicyclic amines) is 2. The average molecular weight is 916 g/mol. The second-order valence-electron chi connectivity index (χ2n) is 16.2. The zero-order valence-electron chi connectivity index (χ0n) is 37.1. The molecule has 0 spiro atoms. The molecule has 2 saturated heterocycles. The molecular weight excluding hydrogens is 848 g/mol. The Morgan fingerprint density at radius 1 is 0.662 bits per heavy atom. The van der Waals surface area contributed by atoms with Crippen LogP contribution in [0.1, 0.15) is 69.2 Å². The van der Waals surface area contributed by atoms with Crippen LogP contribution < -0.4 is 19.7 Å². The van der Waals surface area contributed by atoms with Gasteiger partial charge in [0.2, 0.25) is 5.91 Å². The predicted molar refractivity (Wildman–Crippen MR) is 256 cm³/mol. The number of fused-ring (bicyclic) bond motifs is 2. The molecule has 0 unspecified atom stereocenters. The van der Waals surface area contributed by atoms with Crippen LogP contribution in [0.3, 0.4) is 0 Å². The fourth-order valence-corrected chi connectivity index (χ4v) is 8.35. The molecule has 8 rings (SSSR count). The molecule has 0 aromatic heterocycles. The molecule has 2 fully saturated rings. The van der Waals surface area contributed by atoms with E-state index in [1.807, 2.05) is 84.6 Å². The highest BCUT2D eigenvalue weighted by Crippen LogP contribution is 2.32. The van der Waals surface area contributed by atoms with Crippen LogP contribution in [-0.4, -0.2) is 104 Å². The molecule has 4 aromatic rings. The van der Waals surface area contributed by atoms with Crippen molar-refractivity contribution in [2.24, 2.45) is 11.8 Å². The first-order valence-electron chi connectivity index (χ1n) is 22.3. The number of carbonyl (C=O) groups excluding carboxylic acids is 3. The van der Waals surface area contributed by atoms with Crippen molar-refractivity contribution >= 4 is 47.6 Å². The number of rotatable bonds is 14. The molecule has 1 amide bonds. The van der Waals surface area contributed by atoms with E-state index in [1.165, 1.54) is 16.8 Å². The summed E-state index contributed by atoms with van der Waals surface area (Å²) in [6, 6.07) is 32.6. The summed E-state index contributed by atoms with van der Waals surface area (Å²) >= 11 is 0. The average Bonchev–Trinajstić information content (AvgIpc) is 3.96. The summed E-state index contributed by atoms with van der Waals surface area (Å²) in [4.78, 5) is 52.8. The highest BCUT2D eigenvalue weighted by atomic mass is 35.5. The third kappa shape index (κ3) is 16.1. The molecule has 2 atom stereocenters. The number of hydrogen-bond acceptors (Lipinski definition) is 11. The number of hydrogen-bond donors (Lipinski definition) is 2. The minimum absolute atomic E-state index is 0. The molecule has 0 radical (unpaired) electrons. The summed E-state index contributed by atoms with van der Waals surface area (Å²) in [6.45, 7) is 10.3. The number of carboxylic acids is 1. The molecule has 65 heavy (non-hydrogen) atoms. The molecule has 4 aromatic carbocycles. The molecule has 0 saturated carbocycles. The van der Waals surface area contributed by atoms with Gasteiger partial charge in [-0.15, -0.1) is 12.4 Å². The van der Waals surface area contributed by atoms with Crippen LogP contribution in [0.4, 0.5) is 11.4 Å². The van der Waals surface area contributed by atoms with Gasteiger partial charge in [-0.3, -0.25) is 29.0 Å². The van der Waals surface area contributed by atoms with Crippen LogP contribution >= 0.6 is 12.4 Å². The lowest BCUT2D eigenvalue weighted by molar-refractivity contribution is -0.151. The lowest BCUT2D eigenvalue weighted by Gasteiger charge is -2.32. The SMILES string of the molecule is C.CCOC(=O)[C@@H]1CCCN(CC(=O)N2CCc3cc(OCc4ccccc4)ccc32)C1.CCOC(=O)[C@@H]1CCCN(CC(=O)O)C1.Cl.c1ccc(COc2ccc3c(c2)CCN3)cc1. The van der Waals surface area contributed by atoms with Crippen molar-refractivity contribution in [1.29, 1.82) is 0 Å². The molecule has 4 aliphatic rings. The molecule has 4 aliphatic heterocycles. The Kier molecular flexibility index (Phi) is 21.6. The number of anilines is 2. The minimum Gasteiger partial charge on any atom is -0.489 e. The number of halogens is 1. The van der Waals surface area contributed by atoms with E-state index in [9.17, 15) is 19.2 Å². The van der Waals surface area contributed by atoms with E-state index in [4.69, 9.17) is 24.1 Å². The normalized spacial score (nSPS) is 17.4. The number of aliphatic carboxylic acids is 1. The van der Waals surface area contributed by atoms with Gasteiger partial charge in [0.25, 0.3) is 0 Å². The summed E-state index contributed by atoms with van der Waals surface area (Å²) in [7, 11) is 0. The maximum absolute atomic E-state index is 13.0. The summed E-state index contributed by atoms with van der Waals surface area (Å²) in [5.74, 6) is 0.388. The lowest BCUT2D eigenvalue weighted by atomic mass is 9.98. The molecule has 4 heterocycles. The standard InChI is InChI=1S/C25H30N2O4.C15H15NO.C10H17NO4.CH4.ClH/c1-2-30-25(29)21-9-6-13-26(16-21)17-24(28)27-14-12-20-15-22(10-11-23(20)27)31-18-19-7-4-3-5-8-19;1-2-4-12(5-3-1)11-17-14-6-7-15-13(10-14)8-9-16-15;1-2-15-10(14)8-4-3-5-11(6-8)7-9(12)13;;/h3-5,7-8,10-11,15,21H,2,6,9,12-14,16-18H2,1H3;1-7,10,16H,8-9,11H2;8H,2-7H2,1H3,(H,12,13);1H4;1H/t21-;;8-;;/m1.1../s1. The number of ether oxygens (including phenoxy) is 4. The third-order valence-electron chi connectivity index (χ3n) is 11.5. The van der Waals surface area contributed by atoms with Crippen molar-refractivity contribution in [3.05, 3.63) is 119 Å². The maximum atomic E-state index is 13.0. The first-order valence-corrected chi connectivity index (χ1v) is 22.3. The Balaban J connectivity index is 0.000000231. The van der Waals surface area contributed by atoms with E-state index >= 15 is 0 Å². The van der Waals surface area contributed by atoms with Gasteiger partial charge >= 0.3 is 17.9 Å². The second-order valence-corrected chi connectivity index (χ2v) is 16.2. The fraction of sp³-hybridized carbons (Fsp3) is 0.451. The summed E-state index contributed by atoms with van der Waals surface area (Å²) in [6.07, 6.45) is 5.33. The monoisotopic (exact) mass is 914 g/mol. The zero-order chi connectivity index (χ0) is 44.4. The maximum Gasteiger partial charge on any atom is 0.317 e. The van der Waals surface area contributed by atoms with E-state index in [0.29, 0.717) is 52.6 Å². The quantitative estimate of drug-likeness (QED) is 0.118. The highest BCUT2D eigenvalue weighted by molar-refractivity contribution is 5.97. The molecule has 2 N–H and O–H groups in total. The second kappa shape index (κ2) is 27.0. The number of carboxylic acid groups (broad SMARTS) is 1. The molecule has 0 aliphatic carbocycles. The van der Waals surface area contributed by atoms with Gasteiger partial charge in [0.05, 0.1) is 38.1 Å². The summed E-state index contributed by atoms with van der Waals surface area (Å²) < 4.78 is 21.8. The summed E-state index contributed by atoms with van der Waals surface area (Å²) in [5, 5.41) is 12.0. The van der Waals surface area contributed by atoms with Crippen LogP contribution in [0.15, 0.2) is 97.1 Å². The van der Waals surface area contributed by atoms with E-state index < -0.39 is 5.97 Å². The largest absolute Gasteiger partial charge is 0.489 e. The number of amides is 1. The number of piperidine rings is 2. The van der Waals surface area contributed by atoms with E-state index in [-0.39, 0.29) is 56.1 Å². The van der Waals surface area contributed by atoms with Crippen molar-refractivity contribution in [3.63, 3.8) is 0 Å². The Morgan fingerprint density at radius 3 is 1.72 bits per heavy atom. The van der Waals surface area contributed by atoms with E-state index in [2.05, 4.69) is 34.5 Å². The third-order valence-corrected chi connectivity index (χ3v) is 11.5. The lowest BCUT2D eigenvalue weighted by Crippen LogP contribution is -2.45. The van der Waals surface area contributed by atoms with E-state index in [0.717, 1.165) is 86.5 Å². The number of benzene rings is 4. The van der Waals surface area contributed by atoms with Crippen molar-refractivity contribution in [2.45, 2.75) is 73.0 Å². The summed E-state index contributed by atoms with van der Waals surface area (Å²) in [5.41, 5.74) is 7.04. The predicted octanol–water partition coefficient (Wildman–Crippen LogP) is 8.07. The van der Waals surface area contributed by atoms with Gasteiger partial charge < -0.3 is 34.3 Å². The number of esters is 2. The van der Waals surface area contributed by atoms with Crippen LogP contribution in [-0.2, 0) is 54.7 Å². The Hall–Kier alpha value is -5.63. The Bertz CT molecular complexity index is 2110. The van der Waals surface area contributed by atoms with Gasteiger partial charge in [-0.05, 0) is 124 Å². The molecule has 352 valence electrons. The van der Waals surface area contributed by atoms with E-state index in [1.54, 1.807) is 11.8 Å². The molecule has 13 nitrogen and oxygen atoms in total. The highest BCUT2D eigenvalue weighted by Gasteiger charge is 2.31. The van der Waals surface area contributed by atoms with Gasteiger partial charge in [0, 0.05) is 37.6 Å². The minimum atomic E-state index is -0.848. The van der Waals surface area contributed by atoms with Crippen molar-refractivity contribution in [2.75, 3.05) is 75.8 Å². The van der Waals surface area contributed by atoms with Crippen LogP contribution in [0.2, 0.25) is 0 Å². The van der Waals surface area contributed by atoms with Crippen molar-refractivity contribution in [3.8, 4) is 11.5 Å². The van der Waals surface area contributed by atoms with Crippen LogP contribution in [0.5, 0.6) is 11.5 Å². The molecular formula is C51H67ClN4O9. The Morgan fingerprint density at radius 2 is 1.18 bits per heavy atom. The van der Waals surface area contributed by atoms with Crippen molar-refractivity contribution in [1.82, 2.24) is 9.80 Å². The fourth-order valence-electron chi connectivity index (χ4n) is 8.35. The number of carbonyl (C=O) groups is 4. The molecule has 0 bridgehead atoms. The number of nitrogens with one attached hydrogen (secondary N) is 1. The zero-order valence-corrected chi connectivity index (χ0v) is 37.9. The first kappa shape index (κ1) is 52.0.